The second kappa shape index (κ2) is 5.18. The summed E-state index contributed by atoms with van der Waals surface area (Å²) in [5.41, 5.74) is 2.30. The maximum Gasteiger partial charge on any atom is 0.125 e. The Morgan fingerprint density at radius 1 is 1.44 bits per heavy atom. The second-order valence-electron chi connectivity index (χ2n) is 3.58. The van der Waals surface area contributed by atoms with E-state index >= 15 is 0 Å². The number of aryl methyl sites for hydroxylation is 1. The van der Waals surface area contributed by atoms with Crippen molar-refractivity contribution in [2.45, 2.75) is 19.9 Å². The average Bonchev–Trinajstić information content (AvgIpc) is 2.79. The number of hydrogen-bond acceptors (Lipinski definition) is 4. The molecule has 0 aromatic carbocycles. The standard InChI is InChI=1S/C12H15N3S/c1-3-13-12(10-5-7-16-8-10)11-4-6-14-9(2)15-11/h4-8,12-13H,3H2,1-2H3. The Hall–Kier alpha value is -1.26. The van der Waals surface area contributed by atoms with Crippen molar-refractivity contribution in [3.8, 4) is 0 Å². The second-order valence-corrected chi connectivity index (χ2v) is 4.36. The molecule has 0 aliphatic carbocycles. The average molecular weight is 233 g/mol. The molecule has 0 saturated heterocycles. The molecule has 0 amide bonds. The van der Waals surface area contributed by atoms with Crippen LogP contribution in [-0.4, -0.2) is 16.5 Å². The van der Waals surface area contributed by atoms with Gasteiger partial charge in [0, 0.05) is 6.20 Å². The van der Waals surface area contributed by atoms with E-state index in [-0.39, 0.29) is 6.04 Å². The van der Waals surface area contributed by atoms with Crippen LogP contribution in [0.15, 0.2) is 29.1 Å². The highest BCUT2D eigenvalue weighted by molar-refractivity contribution is 7.08. The maximum absolute atomic E-state index is 4.48. The van der Waals surface area contributed by atoms with E-state index in [4.69, 9.17) is 0 Å². The summed E-state index contributed by atoms with van der Waals surface area (Å²) in [4.78, 5) is 8.61. The lowest BCUT2D eigenvalue weighted by atomic mass is 10.1. The van der Waals surface area contributed by atoms with Crippen molar-refractivity contribution in [3.05, 3.63) is 46.2 Å². The summed E-state index contributed by atoms with van der Waals surface area (Å²) in [5, 5.41) is 7.69. The van der Waals surface area contributed by atoms with Crippen molar-refractivity contribution >= 4 is 11.3 Å². The summed E-state index contributed by atoms with van der Waals surface area (Å²) in [6.07, 6.45) is 1.81. The van der Waals surface area contributed by atoms with Crippen molar-refractivity contribution in [2.24, 2.45) is 0 Å². The molecule has 16 heavy (non-hydrogen) atoms. The number of hydrogen-bond donors (Lipinski definition) is 1. The predicted octanol–water partition coefficient (Wildman–Crippen LogP) is 2.55. The summed E-state index contributed by atoms with van der Waals surface area (Å²) < 4.78 is 0. The third-order valence-electron chi connectivity index (χ3n) is 2.38. The molecule has 0 bridgehead atoms. The highest BCUT2D eigenvalue weighted by Gasteiger charge is 2.14. The number of nitrogens with one attached hydrogen (secondary N) is 1. The smallest absolute Gasteiger partial charge is 0.125 e. The van der Waals surface area contributed by atoms with Crippen LogP contribution in [0.25, 0.3) is 0 Å². The lowest BCUT2D eigenvalue weighted by Crippen LogP contribution is -2.22. The number of nitrogens with zero attached hydrogens (tertiary/aromatic N) is 2. The summed E-state index contributed by atoms with van der Waals surface area (Å²) in [6, 6.07) is 4.28. The molecule has 0 saturated carbocycles. The Morgan fingerprint density at radius 3 is 2.94 bits per heavy atom. The summed E-state index contributed by atoms with van der Waals surface area (Å²) in [7, 11) is 0. The van der Waals surface area contributed by atoms with Gasteiger partial charge in [0.1, 0.15) is 5.82 Å². The zero-order valence-corrected chi connectivity index (χ0v) is 10.3. The molecule has 0 aliphatic heterocycles. The van der Waals surface area contributed by atoms with Crippen LogP contribution in [0.1, 0.15) is 30.0 Å². The maximum atomic E-state index is 4.48. The molecule has 3 nitrogen and oxygen atoms in total. The molecule has 1 atom stereocenters. The molecule has 2 aromatic heterocycles. The molecule has 2 heterocycles. The Labute approximate surface area is 99.6 Å². The predicted molar refractivity (Wildman–Crippen MR) is 66.6 cm³/mol. The van der Waals surface area contributed by atoms with Gasteiger partial charge in [-0.25, -0.2) is 9.97 Å². The van der Waals surface area contributed by atoms with E-state index in [0.717, 1.165) is 18.1 Å². The summed E-state index contributed by atoms with van der Waals surface area (Å²) >= 11 is 1.71. The van der Waals surface area contributed by atoms with Crippen molar-refractivity contribution in [1.82, 2.24) is 15.3 Å². The first-order valence-electron chi connectivity index (χ1n) is 5.36. The monoisotopic (exact) mass is 233 g/mol. The van der Waals surface area contributed by atoms with Gasteiger partial charge in [-0.3, -0.25) is 0 Å². The van der Waals surface area contributed by atoms with Crippen molar-refractivity contribution in [2.75, 3.05) is 6.54 Å². The van der Waals surface area contributed by atoms with Gasteiger partial charge in [0.25, 0.3) is 0 Å². The Balaban J connectivity index is 2.33. The fourth-order valence-corrected chi connectivity index (χ4v) is 2.36. The lowest BCUT2D eigenvalue weighted by Gasteiger charge is -2.16. The third kappa shape index (κ3) is 2.46. The van der Waals surface area contributed by atoms with Crippen LogP contribution in [0.3, 0.4) is 0 Å². The van der Waals surface area contributed by atoms with E-state index in [1.54, 1.807) is 11.3 Å². The van der Waals surface area contributed by atoms with Gasteiger partial charge in [0.05, 0.1) is 11.7 Å². The van der Waals surface area contributed by atoms with Crippen LogP contribution in [-0.2, 0) is 0 Å². The fourth-order valence-electron chi connectivity index (χ4n) is 1.67. The van der Waals surface area contributed by atoms with Crippen LogP contribution in [0.4, 0.5) is 0 Å². The number of rotatable bonds is 4. The molecule has 0 radical (unpaired) electrons. The van der Waals surface area contributed by atoms with E-state index in [2.05, 4.69) is 39.0 Å². The first kappa shape index (κ1) is 11.2. The highest BCUT2D eigenvalue weighted by atomic mass is 32.1. The van der Waals surface area contributed by atoms with Gasteiger partial charge >= 0.3 is 0 Å². The van der Waals surface area contributed by atoms with E-state index in [9.17, 15) is 0 Å². The molecule has 4 heteroatoms. The Bertz CT molecular complexity index is 439. The van der Waals surface area contributed by atoms with Crippen LogP contribution < -0.4 is 5.32 Å². The van der Waals surface area contributed by atoms with Crippen LogP contribution >= 0.6 is 11.3 Å². The highest BCUT2D eigenvalue weighted by Crippen LogP contribution is 2.22. The van der Waals surface area contributed by atoms with Gasteiger partial charge in [-0.2, -0.15) is 11.3 Å². The van der Waals surface area contributed by atoms with Crippen molar-refractivity contribution in [1.29, 1.82) is 0 Å². The summed E-state index contributed by atoms with van der Waals surface area (Å²) in [5.74, 6) is 0.815. The molecule has 2 rings (SSSR count). The first-order valence-corrected chi connectivity index (χ1v) is 6.30. The first-order chi connectivity index (χ1) is 7.81. The zero-order valence-electron chi connectivity index (χ0n) is 9.47. The third-order valence-corrected chi connectivity index (χ3v) is 3.08. The van der Waals surface area contributed by atoms with Crippen LogP contribution in [0.5, 0.6) is 0 Å². The van der Waals surface area contributed by atoms with Gasteiger partial charge < -0.3 is 5.32 Å². The number of thiophene rings is 1. The largest absolute Gasteiger partial charge is 0.305 e. The van der Waals surface area contributed by atoms with E-state index in [0.29, 0.717) is 0 Å². The number of aromatic nitrogens is 2. The quantitative estimate of drug-likeness (QED) is 0.882. The fraction of sp³-hybridized carbons (Fsp3) is 0.333. The van der Waals surface area contributed by atoms with Gasteiger partial charge in [-0.05, 0) is 41.9 Å². The van der Waals surface area contributed by atoms with E-state index in [1.165, 1.54) is 5.56 Å². The molecule has 0 aliphatic rings. The molecule has 84 valence electrons. The van der Waals surface area contributed by atoms with Gasteiger partial charge in [-0.1, -0.05) is 6.92 Å². The normalized spacial score (nSPS) is 12.6. The Kier molecular flexibility index (Phi) is 3.64. The lowest BCUT2D eigenvalue weighted by molar-refractivity contribution is 0.613. The van der Waals surface area contributed by atoms with Gasteiger partial charge in [0.2, 0.25) is 0 Å². The van der Waals surface area contributed by atoms with E-state index < -0.39 is 0 Å². The minimum Gasteiger partial charge on any atom is -0.305 e. The van der Waals surface area contributed by atoms with Crippen molar-refractivity contribution < 1.29 is 0 Å². The zero-order chi connectivity index (χ0) is 11.4. The van der Waals surface area contributed by atoms with Gasteiger partial charge in [-0.15, -0.1) is 0 Å². The van der Waals surface area contributed by atoms with E-state index in [1.807, 2.05) is 19.2 Å². The topological polar surface area (TPSA) is 37.8 Å². The summed E-state index contributed by atoms with van der Waals surface area (Å²) in [6.45, 7) is 4.94. The minimum absolute atomic E-state index is 0.179. The molecular formula is C12H15N3S. The molecule has 2 aromatic rings. The SMILES string of the molecule is CCNC(c1ccsc1)c1ccnc(C)n1. The molecule has 1 unspecified atom stereocenters. The molecular weight excluding hydrogens is 218 g/mol. The van der Waals surface area contributed by atoms with Crippen LogP contribution in [0, 0.1) is 6.92 Å². The molecule has 1 N–H and O–H groups in total. The molecule has 0 spiro atoms. The van der Waals surface area contributed by atoms with Gasteiger partial charge in [0.15, 0.2) is 0 Å². The van der Waals surface area contributed by atoms with Crippen LogP contribution in [0.2, 0.25) is 0 Å². The van der Waals surface area contributed by atoms with Crippen molar-refractivity contribution in [3.63, 3.8) is 0 Å². The minimum atomic E-state index is 0.179. The Morgan fingerprint density at radius 2 is 2.31 bits per heavy atom. The molecule has 0 fully saturated rings.